The summed E-state index contributed by atoms with van der Waals surface area (Å²) in [6, 6.07) is 25.0. The lowest BCUT2D eigenvalue weighted by molar-refractivity contribution is 0.103. The van der Waals surface area contributed by atoms with Crippen LogP contribution >= 0.6 is 0 Å². The Balaban J connectivity index is 1.65. The number of hydrogen-bond acceptors (Lipinski definition) is 2. The monoisotopic (exact) mass is 324 g/mol. The van der Waals surface area contributed by atoms with E-state index in [1.54, 1.807) is 0 Å². The minimum absolute atomic E-state index is 0.0125. The zero-order chi connectivity index (χ0) is 17.1. The van der Waals surface area contributed by atoms with Crippen LogP contribution in [0.2, 0.25) is 0 Å². The van der Waals surface area contributed by atoms with Gasteiger partial charge in [0.1, 0.15) is 0 Å². The molecule has 0 amide bonds. The number of nitrogens with zero attached hydrogens (tertiary/aromatic N) is 1. The summed E-state index contributed by atoms with van der Waals surface area (Å²) in [6.07, 6.45) is 4.01. The summed E-state index contributed by atoms with van der Waals surface area (Å²) in [4.78, 5) is 12.6. The van der Waals surface area contributed by atoms with Gasteiger partial charge in [0.25, 0.3) is 0 Å². The van der Waals surface area contributed by atoms with Crippen LogP contribution in [0.3, 0.4) is 0 Å². The van der Waals surface area contributed by atoms with Gasteiger partial charge in [-0.2, -0.15) is 5.10 Å². The summed E-state index contributed by atoms with van der Waals surface area (Å²) < 4.78 is 0. The highest BCUT2D eigenvalue weighted by atomic mass is 16.1. The minimum atomic E-state index is 0.0125. The molecule has 4 aromatic rings. The molecule has 4 rings (SSSR count). The Kier molecular flexibility index (Phi) is 3.97. The first kappa shape index (κ1) is 15.1. The van der Waals surface area contributed by atoms with Gasteiger partial charge in [-0.15, -0.1) is 0 Å². The fourth-order valence-electron chi connectivity index (χ4n) is 2.80. The molecule has 0 bridgehead atoms. The third-order valence-electron chi connectivity index (χ3n) is 4.12. The van der Waals surface area contributed by atoms with Gasteiger partial charge in [-0.25, -0.2) is 0 Å². The molecule has 3 nitrogen and oxygen atoms in total. The quantitative estimate of drug-likeness (QED) is 0.539. The van der Waals surface area contributed by atoms with E-state index in [1.807, 2.05) is 91.0 Å². The van der Waals surface area contributed by atoms with Crippen LogP contribution in [0.4, 0.5) is 0 Å². The van der Waals surface area contributed by atoms with Gasteiger partial charge in [0.15, 0.2) is 5.78 Å². The lowest BCUT2D eigenvalue weighted by Crippen LogP contribution is -2.00. The van der Waals surface area contributed by atoms with Gasteiger partial charge in [-0.05, 0) is 23.8 Å². The number of aromatic amines is 1. The minimum Gasteiger partial charge on any atom is -0.289 e. The van der Waals surface area contributed by atoms with E-state index in [1.165, 1.54) is 0 Å². The van der Waals surface area contributed by atoms with E-state index in [2.05, 4.69) is 10.2 Å². The predicted octanol–water partition coefficient (Wildman–Crippen LogP) is 4.96. The lowest BCUT2D eigenvalue weighted by atomic mass is 10.0. The third kappa shape index (κ3) is 3.12. The molecule has 0 unspecified atom stereocenters. The maximum absolute atomic E-state index is 12.6. The molecule has 1 aromatic heterocycles. The van der Waals surface area contributed by atoms with Crippen LogP contribution in [0.15, 0.2) is 78.9 Å². The standard InChI is InChI=1S/C22H16N2O/c25-22(17-9-5-2-6-10-17)18-12-13-19-20(23-24-21(19)15-18)14-11-16-7-3-1-4-8-16/h1-15H,(H,23,24)/b14-11+. The van der Waals surface area contributed by atoms with Crippen molar-refractivity contribution in [1.29, 1.82) is 0 Å². The van der Waals surface area contributed by atoms with Crippen molar-refractivity contribution in [1.82, 2.24) is 10.2 Å². The smallest absolute Gasteiger partial charge is 0.193 e. The van der Waals surface area contributed by atoms with Gasteiger partial charge in [-0.1, -0.05) is 72.8 Å². The number of fused-ring (bicyclic) bond motifs is 1. The predicted molar refractivity (Wildman–Crippen MR) is 101 cm³/mol. The van der Waals surface area contributed by atoms with Crippen molar-refractivity contribution < 1.29 is 4.79 Å². The molecule has 0 atom stereocenters. The van der Waals surface area contributed by atoms with Crippen LogP contribution in [0.25, 0.3) is 23.1 Å². The van der Waals surface area contributed by atoms with Crippen LogP contribution in [0.1, 0.15) is 27.2 Å². The van der Waals surface area contributed by atoms with Crippen molar-refractivity contribution in [3.63, 3.8) is 0 Å². The number of aromatic nitrogens is 2. The van der Waals surface area contributed by atoms with E-state index in [4.69, 9.17) is 0 Å². The van der Waals surface area contributed by atoms with Crippen molar-refractivity contribution in [3.05, 3.63) is 101 Å². The molecule has 0 aliphatic rings. The Morgan fingerprint density at radius 2 is 1.52 bits per heavy atom. The van der Waals surface area contributed by atoms with Crippen LogP contribution in [0, 0.1) is 0 Å². The van der Waals surface area contributed by atoms with E-state index in [0.29, 0.717) is 11.1 Å². The zero-order valence-electron chi connectivity index (χ0n) is 13.5. The molecule has 1 heterocycles. The first-order chi connectivity index (χ1) is 12.3. The molecule has 0 aliphatic carbocycles. The Bertz CT molecular complexity index is 1050. The summed E-state index contributed by atoms with van der Waals surface area (Å²) in [5.74, 6) is 0.0125. The second-order valence-corrected chi connectivity index (χ2v) is 5.81. The summed E-state index contributed by atoms with van der Waals surface area (Å²) >= 11 is 0. The number of hydrogen-bond donors (Lipinski definition) is 1. The van der Waals surface area contributed by atoms with Gasteiger partial charge in [-0.3, -0.25) is 9.89 Å². The largest absolute Gasteiger partial charge is 0.289 e. The van der Waals surface area contributed by atoms with Crippen molar-refractivity contribution in [2.45, 2.75) is 0 Å². The number of benzene rings is 3. The molecule has 0 saturated carbocycles. The van der Waals surface area contributed by atoms with Crippen molar-refractivity contribution >= 4 is 28.8 Å². The summed E-state index contributed by atoms with van der Waals surface area (Å²) in [5.41, 5.74) is 4.17. The van der Waals surface area contributed by atoms with Crippen LogP contribution in [0.5, 0.6) is 0 Å². The maximum atomic E-state index is 12.6. The Morgan fingerprint density at radius 3 is 2.28 bits per heavy atom. The van der Waals surface area contributed by atoms with Gasteiger partial charge in [0.2, 0.25) is 0 Å². The molecular weight excluding hydrogens is 308 g/mol. The number of H-pyrrole nitrogens is 1. The number of rotatable bonds is 4. The second-order valence-electron chi connectivity index (χ2n) is 5.81. The average molecular weight is 324 g/mol. The number of nitrogens with one attached hydrogen (secondary N) is 1. The van der Waals surface area contributed by atoms with Crippen molar-refractivity contribution in [3.8, 4) is 0 Å². The molecule has 0 fully saturated rings. The lowest BCUT2D eigenvalue weighted by Gasteiger charge is -2.01. The molecule has 0 aliphatic heterocycles. The van der Waals surface area contributed by atoms with Gasteiger partial charge in [0, 0.05) is 16.5 Å². The van der Waals surface area contributed by atoms with Crippen LogP contribution in [-0.2, 0) is 0 Å². The fraction of sp³-hybridized carbons (Fsp3) is 0. The highest BCUT2D eigenvalue weighted by Crippen LogP contribution is 2.21. The SMILES string of the molecule is O=C(c1ccccc1)c1ccc2c(/C=C/c3ccccc3)n[nH]c2c1. The third-order valence-corrected chi connectivity index (χ3v) is 4.12. The highest BCUT2D eigenvalue weighted by Gasteiger charge is 2.11. The molecule has 3 aromatic carbocycles. The average Bonchev–Trinajstić information content (AvgIpc) is 3.09. The maximum Gasteiger partial charge on any atom is 0.193 e. The number of ketones is 1. The molecule has 0 saturated heterocycles. The first-order valence-electron chi connectivity index (χ1n) is 8.12. The van der Waals surface area contributed by atoms with Gasteiger partial charge in [0.05, 0.1) is 11.2 Å². The Hall–Kier alpha value is -3.46. The zero-order valence-corrected chi connectivity index (χ0v) is 13.5. The Morgan fingerprint density at radius 1 is 0.800 bits per heavy atom. The van der Waals surface area contributed by atoms with E-state index in [9.17, 15) is 4.79 Å². The van der Waals surface area contributed by atoms with E-state index in [-0.39, 0.29) is 5.78 Å². The number of carbonyl (C=O) groups excluding carboxylic acids is 1. The van der Waals surface area contributed by atoms with Crippen molar-refractivity contribution in [2.24, 2.45) is 0 Å². The molecule has 120 valence electrons. The van der Waals surface area contributed by atoms with E-state index < -0.39 is 0 Å². The van der Waals surface area contributed by atoms with Crippen LogP contribution < -0.4 is 0 Å². The van der Waals surface area contributed by atoms with E-state index >= 15 is 0 Å². The van der Waals surface area contributed by atoms with Gasteiger partial charge >= 0.3 is 0 Å². The summed E-state index contributed by atoms with van der Waals surface area (Å²) in [7, 11) is 0. The summed E-state index contributed by atoms with van der Waals surface area (Å²) in [6.45, 7) is 0. The molecule has 25 heavy (non-hydrogen) atoms. The van der Waals surface area contributed by atoms with E-state index in [0.717, 1.165) is 22.2 Å². The molecule has 1 N–H and O–H groups in total. The van der Waals surface area contributed by atoms with Gasteiger partial charge < -0.3 is 0 Å². The molecule has 3 heteroatoms. The van der Waals surface area contributed by atoms with Crippen molar-refractivity contribution in [2.75, 3.05) is 0 Å². The Labute approximate surface area is 145 Å². The first-order valence-corrected chi connectivity index (χ1v) is 8.12. The molecule has 0 radical (unpaired) electrons. The summed E-state index contributed by atoms with van der Waals surface area (Å²) in [5, 5.41) is 8.38. The number of carbonyl (C=O) groups is 1. The fourth-order valence-corrected chi connectivity index (χ4v) is 2.80. The molecular formula is C22H16N2O. The topological polar surface area (TPSA) is 45.8 Å². The van der Waals surface area contributed by atoms with Crippen LogP contribution in [-0.4, -0.2) is 16.0 Å². The second kappa shape index (κ2) is 6.57. The normalized spacial score (nSPS) is 11.2. The highest BCUT2D eigenvalue weighted by molar-refractivity contribution is 6.10. The molecule has 0 spiro atoms.